The van der Waals surface area contributed by atoms with Crippen LogP contribution < -0.4 is 26.8 Å². The van der Waals surface area contributed by atoms with Crippen molar-refractivity contribution in [1.82, 2.24) is 19.3 Å². The average Bonchev–Trinajstić information content (AvgIpc) is 3.66. The Morgan fingerprint density at radius 3 is 2.53 bits per heavy atom. The molecule has 234 valence electrons. The molecule has 0 aliphatic heterocycles. The Balaban J connectivity index is 1.45. The van der Waals surface area contributed by atoms with Crippen molar-refractivity contribution in [2.75, 3.05) is 23.8 Å². The summed E-state index contributed by atoms with van der Waals surface area (Å²) < 4.78 is 9.48. The Morgan fingerprint density at radius 1 is 1.11 bits per heavy atom. The summed E-state index contributed by atoms with van der Waals surface area (Å²) in [6, 6.07) is 8.76. The predicted octanol–water partition coefficient (Wildman–Crippen LogP) is 3.38. The van der Waals surface area contributed by atoms with Crippen LogP contribution in [0.3, 0.4) is 0 Å². The number of nitrogens with zero attached hydrogens (tertiary/aromatic N) is 5. The Labute approximate surface area is 257 Å². The first-order valence-corrected chi connectivity index (χ1v) is 14.4. The molecule has 45 heavy (non-hydrogen) atoms. The smallest absolute Gasteiger partial charge is 0.293 e. The average molecular weight is 616 g/mol. The van der Waals surface area contributed by atoms with Crippen LogP contribution in [0.25, 0.3) is 11.0 Å². The number of allylic oxidation sites excluding steroid dienone is 1. The molecule has 3 amide bonds. The van der Waals surface area contributed by atoms with E-state index in [2.05, 4.69) is 20.7 Å². The number of aryl methyl sites for hydroxylation is 2. The van der Waals surface area contributed by atoms with Gasteiger partial charge in [0.2, 0.25) is 17.8 Å². The molecule has 0 radical (unpaired) electrons. The minimum atomic E-state index is -0.766. The van der Waals surface area contributed by atoms with Crippen molar-refractivity contribution in [3.05, 3.63) is 81.2 Å². The van der Waals surface area contributed by atoms with Crippen molar-refractivity contribution in [2.24, 2.45) is 17.4 Å². The summed E-state index contributed by atoms with van der Waals surface area (Å²) in [5, 5.41) is 21.7. The van der Waals surface area contributed by atoms with E-state index >= 15 is 0 Å². The van der Waals surface area contributed by atoms with Gasteiger partial charge in [-0.2, -0.15) is 5.10 Å². The van der Waals surface area contributed by atoms with E-state index in [1.165, 1.54) is 12.1 Å². The SMILES string of the molecule is CCn1nc(C)cc1C(=O)Nc1nc2cc(C(N)=O)cc(OCC3CC3)c2n1C/C=C/CNc1ccc(C(N)=O)cc1[N+](=O)[O-]. The molecule has 0 bridgehead atoms. The zero-order valence-electron chi connectivity index (χ0n) is 24.8. The Hall–Kier alpha value is -5.73. The van der Waals surface area contributed by atoms with E-state index in [4.69, 9.17) is 16.2 Å². The molecule has 1 saturated carbocycles. The first kappa shape index (κ1) is 30.7. The van der Waals surface area contributed by atoms with Gasteiger partial charge in [0.15, 0.2) is 0 Å². The number of carbonyl (C=O) groups excluding carboxylic acids is 3. The van der Waals surface area contributed by atoms with Gasteiger partial charge in [0.25, 0.3) is 11.6 Å². The number of primary amides is 2. The lowest BCUT2D eigenvalue weighted by Gasteiger charge is -2.13. The number of carbonyl (C=O) groups is 3. The molecule has 0 atom stereocenters. The minimum absolute atomic E-state index is 0.0284. The highest BCUT2D eigenvalue weighted by atomic mass is 16.6. The summed E-state index contributed by atoms with van der Waals surface area (Å²) in [6.07, 6.45) is 5.66. The van der Waals surface area contributed by atoms with Gasteiger partial charge in [-0.15, -0.1) is 0 Å². The maximum atomic E-state index is 13.4. The number of anilines is 2. The third kappa shape index (κ3) is 6.92. The maximum absolute atomic E-state index is 13.4. The van der Waals surface area contributed by atoms with Crippen molar-refractivity contribution in [3.63, 3.8) is 0 Å². The number of imidazole rings is 1. The first-order valence-electron chi connectivity index (χ1n) is 14.4. The van der Waals surface area contributed by atoms with E-state index in [0.29, 0.717) is 47.2 Å². The van der Waals surface area contributed by atoms with E-state index in [1.807, 2.05) is 6.92 Å². The largest absolute Gasteiger partial charge is 0.491 e. The van der Waals surface area contributed by atoms with Crippen LogP contribution in [0.15, 0.2) is 48.6 Å². The van der Waals surface area contributed by atoms with Gasteiger partial charge < -0.3 is 26.1 Å². The second-order valence-corrected chi connectivity index (χ2v) is 10.7. The molecule has 0 saturated heterocycles. The number of nitrogens with one attached hydrogen (secondary N) is 2. The molecule has 15 nitrogen and oxygen atoms in total. The fourth-order valence-corrected chi connectivity index (χ4v) is 4.80. The zero-order chi connectivity index (χ0) is 32.2. The predicted molar refractivity (Wildman–Crippen MR) is 166 cm³/mol. The van der Waals surface area contributed by atoms with Crippen LogP contribution in [0, 0.1) is 23.0 Å². The topological polar surface area (TPSA) is 215 Å². The quantitative estimate of drug-likeness (QED) is 0.0927. The number of nitro groups is 1. The number of benzene rings is 2. The standard InChI is InChI=1S/C30H33N9O6/c1-3-38-24(12-17(2)36-38)29(42)35-30-34-22-13-20(28(32)41)15-25(45-16-18-6-7-18)26(22)37(30)11-5-4-10-33-21-9-8-19(27(31)40)14-23(21)39(43)44/h4-5,8-9,12-15,18,33H,3,6-7,10-11,16H2,1-2H3,(H2,31,40)(H2,32,41)(H,34,35,42)/b5-4+. The number of amides is 3. The van der Waals surface area contributed by atoms with Crippen molar-refractivity contribution >= 4 is 46.1 Å². The third-order valence-electron chi connectivity index (χ3n) is 7.27. The molecule has 5 rings (SSSR count). The number of nitro benzene ring substituents is 1. The van der Waals surface area contributed by atoms with Gasteiger partial charge >= 0.3 is 0 Å². The molecule has 4 aromatic rings. The van der Waals surface area contributed by atoms with E-state index in [9.17, 15) is 24.5 Å². The summed E-state index contributed by atoms with van der Waals surface area (Å²) in [7, 11) is 0. The van der Waals surface area contributed by atoms with Gasteiger partial charge in [-0.3, -0.25) is 34.5 Å². The second kappa shape index (κ2) is 12.9. The van der Waals surface area contributed by atoms with Crippen molar-refractivity contribution in [3.8, 4) is 5.75 Å². The normalized spacial score (nSPS) is 12.8. The van der Waals surface area contributed by atoms with Crippen molar-refractivity contribution in [2.45, 2.75) is 39.8 Å². The van der Waals surface area contributed by atoms with Crippen LogP contribution in [0.5, 0.6) is 5.75 Å². The summed E-state index contributed by atoms with van der Waals surface area (Å²) >= 11 is 0. The molecule has 0 spiro atoms. The number of aromatic nitrogens is 4. The molecule has 2 aromatic carbocycles. The number of fused-ring (bicyclic) bond motifs is 1. The fourth-order valence-electron chi connectivity index (χ4n) is 4.80. The van der Waals surface area contributed by atoms with Gasteiger partial charge in [-0.1, -0.05) is 12.2 Å². The highest BCUT2D eigenvalue weighted by molar-refractivity contribution is 6.04. The second-order valence-electron chi connectivity index (χ2n) is 10.7. The lowest BCUT2D eigenvalue weighted by Crippen LogP contribution is -2.20. The molecule has 0 unspecified atom stereocenters. The molecule has 6 N–H and O–H groups in total. The number of rotatable bonds is 14. The first-order chi connectivity index (χ1) is 21.5. The maximum Gasteiger partial charge on any atom is 0.293 e. The van der Waals surface area contributed by atoms with E-state index in [-0.39, 0.29) is 41.5 Å². The molecule has 15 heteroatoms. The molecule has 1 fully saturated rings. The highest BCUT2D eigenvalue weighted by Gasteiger charge is 2.25. The molecular formula is C30H33N9O6. The summed E-state index contributed by atoms with van der Waals surface area (Å²) in [4.78, 5) is 52.5. The molecule has 1 aliphatic rings. The number of ether oxygens (including phenoxy) is 1. The van der Waals surface area contributed by atoms with E-state index in [0.717, 1.165) is 18.9 Å². The number of hydrogen-bond donors (Lipinski definition) is 4. The van der Waals surface area contributed by atoms with Gasteiger partial charge in [0.05, 0.1) is 22.7 Å². The highest BCUT2D eigenvalue weighted by Crippen LogP contribution is 2.34. The van der Waals surface area contributed by atoms with Crippen LogP contribution in [0.2, 0.25) is 0 Å². The summed E-state index contributed by atoms with van der Waals surface area (Å²) in [5.74, 6) is -0.770. The van der Waals surface area contributed by atoms with Crippen molar-refractivity contribution < 1.29 is 24.0 Å². The molecule has 1 aliphatic carbocycles. The van der Waals surface area contributed by atoms with Crippen LogP contribution in [-0.4, -0.2) is 55.1 Å². The Kier molecular flexibility index (Phi) is 8.79. The summed E-state index contributed by atoms with van der Waals surface area (Å²) in [5.41, 5.74) is 13.1. The number of hydrogen-bond acceptors (Lipinski definition) is 9. The lowest BCUT2D eigenvalue weighted by atomic mass is 10.1. The lowest BCUT2D eigenvalue weighted by molar-refractivity contribution is -0.384. The van der Waals surface area contributed by atoms with Crippen molar-refractivity contribution in [1.29, 1.82) is 0 Å². The Morgan fingerprint density at radius 2 is 1.87 bits per heavy atom. The minimum Gasteiger partial charge on any atom is -0.491 e. The van der Waals surface area contributed by atoms with Gasteiger partial charge in [-0.25, -0.2) is 4.98 Å². The van der Waals surface area contributed by atoms with E-state index in [1.54, 1.807) is 46.5 Å². The summed E-state index contributed by atoms with van der Waals surface area (Å²) in [6.45, 7) is 5.06. The number of nitrogens with two attached hydrogens (primary N) is 2. The zero-order valence-corrected chi connectivity index (χ0v) is 24.8. The monoisotopic (exact) mass is 615 g/mol. The van der Waals surface area contributed by atoms with Gasteiger partial charge in [-0.05, 0) is 62.9 Å². The van der Waals surface area contributed by atoms with Crippen LogP contribution in [0.4, 0.5) is 17.3 Å². The fraction of sp³-hybridized carbons (Fsp3) is 0.300. The van der Waals surface area contributed by atoms with Crippen LogP contribution >= 0.6 is 0 Å². The van der Waals surface area contributed by atoms with E-state index < -0.39 is 22.6 Å². The van der Waals surface area contributed by atoms with Gasteiger partial charge in [0.1, 0.15) is 22.6 Å². The molecule has 2 aromatic heterocycles. The van der Waals surface area contributed by atoms with Crippen LogP contribution in [0.1, 0.15) is 56.7 Å². The van der Waals surface area contributed by atoms with Crippen LogP contribution in [-0.2, 0) is 13.1 Å². The molecule has 2 heterocycles. The van der Waals surface area contributed by atoms with Gasteiger partial charge in [0, 0.05) is 36.8 Å². The third-order valence-corrected chi connectivity index (χ3v) is 7.27. The molecular weight excluding hydrogens is 582 g/mol. The Bertz CT molecular complexity index is 1840.